The molecule has 0 saturated carbocycles. The Morgan fingerprint density at radius 2 is 1.83 bits per heavy atom. The standard InChI is InChI=1S/C17H16ClF2NO3/c1-21(16(22)12-4-6-13(18)7-5-12)10-11-3-8-14(23-2)15(9-11)24-17(19)20/h3-9,17H,10H2,1-2H3. The predicted molar refractivity (Wildman–Crippen MR) is 86.9 cm³/mol. The van der Waals surface area contributed by atoms with Crippen molar-refractivity contribution >= 4 is 17.5 Å². The van der Waals surface area contributed by atoms with Crippen LogP contribution in [0.2, 0.25) is 5.02 Å². The fraction of sp³-hybridized carbons (Fsp3) is 0.235. The molecule has 2 rings (SSSR count). The third kappa shape index (κ3) is 4.58. The molecule has 0 aliphatic heterocycles. The van der Waals surface area contributed by atoms with Crippen LogP contribution in [0.4, 0.5) is 8.78 Å². The smallest absolute Gasteiger partial charge is 0.387 e. The van der Waals surface area contributed by atoms with Gasteiger partial charge in [-0.15, -0.1) is 0 Å². The number of rotatable bonds is 6. The highest BCUT2D eigenvalue weighted by Crippen LogP contribution is 2.30. The van der Waals surface area contributed by atoms with Crippen molar-refractivity contribution in [2.45, 2.75) is 13.2 Å². The minimum atomic E-state index is -2.96. The molecule has 2 aromatic rings. The summed E-state index contributed by atoms with van der Waals surface area (Å²) < 4.78 is 34.3. The normalized spacial score (nSPS) is 10.6. The number of hydrogen-bond acceptors (Lipinski definition) is 3. The van der Waals surface area contributed by atoms with Gasteiger partial charge in [-0.1, -0.05) is 17.7 Å². The van der Waals surface area contributed by atoms with E-state index in [0.29, 0.717) is 16.1 Å². The van der Waals surface area contributed by atoms with Crippen LogP contribution in [-0.4, -0.2) is 31.6 Å². The topological polar surface area (TPSA) is 38.8 Å². The largest absolute Gasteiger partial charge is 0.493 e. The van der Waals surface area contributed by atoms with Gasteiger partial charge >= 0.3 is 6.61 Å². The first kappa shape index (κ1) is 18.0. The Labute approximate surface area is 143 Å². The molecule has 0 aliphatic rings. The zero-order valence-corrected chi connectivity index (χ0v) is 13.9. The molecule has 0 unspecified atom stereocenters. The van der Waals surface area contributed by atoms with Crippen LogP contribution in [-0.2, 0) is 6.54 Å². The van der Waals surface area contributed by atoms with Crippen molar-refractivity contribution in [3.63, 3.8) is 0 Å². The number of alkyl halides is 2. The minimum absolute atomic E-state index is 0.0719. The van der Waals surface area contributed by atoms with Gasteiger partial charge < -0.3 is 14.4 Å². The van der Waals surface area contributed by atoms with E-state index in [-0.39, 0.29) is 24.0 Å². The summed E-state index contributed by atoms with van der Waals surface area (Å²) in [7, 11) is 2.98. The van der Waals surface area contributed by atoms with Crippen molar-refractivity contribution in [1.29, 1.82) is 0 Å². The van der Waals surface area contributed by atoms with E-state index < -0.39 is 6.61 Å². The number of ether oxygens (including phenoxy) is 2. The lowest BCUT2D eigenvalue weighted by atomic mass is 10.1. The summed E-state index contributed by atoms with van der Waals surface area (Å²) >= 11 is 5.80. The second kappa shape index (κ2) is 7.97. The van der Waals surface area contributed by atoms with E-state index in [1.165, 1.54) is 24.1 Å². The van der Waals surface area contributed by atoms with Crippen molar-refractivity contribution in [1.82, 2.24) is 4.90 Å². The minimum Gasteiger partial charge on any atom is -0.493 e. The molecule has 0 N–H and O–H groups in total. The highest BCUT2D eigenvalue weighted by Gasteiger charge is 2.15. The summed E-state index contributed by atoms with van der Waals surface area (Å²) in [6.07, 6.45) is 0. The SMILES string of the molecule is COc1ccc(CN(C)C(=O)c2ccc(Cl)cc2)cc1OC(F)F. The molecule has 0 aliphatic carbocycles. The summed E-state index contributed by atoms with van der Waals surface area (Å²) in [5.41, 5.74) is 1.12. The first-order valence-corrected chi connectivity index (χ1v) is 7.41. The van der Waals surface area contributed by atoms with E-state index in [4.69, 9.17) is 16.3 Å². The number of hydrogen-bond donors (Lipinski definition) is 0. The van der Waals surface area contributed by atoms with Gasteiger partial charge in [0.1, 0.15) is 0 Å². The molecular formula is C17H16ClF2NO3. The molecule has 0 spiro atoms. The Hall–Kier alpha value is -2.34. The van der Waals surface area contributed by atoms with Gasteiger partial charge in [0, 0.05) is 24.2 Å². The summed E-state index contributed by atoms with van der Waals surface area (Å²) in [6.45, 7) is -2.73. The lowest BCUT2D eigenvalue weighted by molar-refractivity contribution is -0.0512. The van der Waals surface area contributed by atoms with Crippen LogP contribution >= 0.6 is 11.6 Å². The lowest BCUT2D eigenvalue weighted by Crippen LogP contribution is -2.26. The summed E-state index contributed by atoms with van der Waals surface area (Å²) in [5.74, 6) is -0.0816. The summed E-state index contributed by atoms with van der Waals surface area (Å²) in [6, 6.07) is 11.1. The van der Waals surface area contributed by atoms with Gasteiger partial charge in [0.15, 0.2) is 11.5 Å². The molecule has 24 heavy (non-hydrogen) atoms. The van der Waals surface area contributed by atoms with Crippen molar-refractivity contribution < 1.29 is 23.0 Å². The van der Waals surface area contributed by atoms with Crippen LogP contribution in [0.1, 0.15) is 15.9 Å². The van der Waals surface area contributed by atoms with Gasteiger partial charge in [0.05, 0.1) is 7.11 Å². The molecule has 0 heterocycles. The van der Waals surface area contributed by atoms with Gasteiger partial charge in [-0.3, -0.25) is 4.79 Å². The Morgan fingerprint density at radius 1 is 1.17 bits per heavy atom. The molecular weight excluding hydrogens is 340 g/mol. The Bertz CT molecular complexity index is 707. The second-order valence-electron chi connectivity index (χ2n) is 5.03. The maximum Gasteiger partial charge on any atom is 0.387 e. The van der Waals surface area contributed by atoms with E-state index in [1.807, 2.05) is 0 Å². The molecule has 2 aromatic carbocycles. The quantitative estimate of drug-likeness (QED) is 0.778. The maximum atomic E-state index is 12.5. The third-order valence-corrected chi connectivity index (χ3v) is 3.55. The first-order chi connectivity index (χ1) is 11.4. The van der Waals surface area contributed by atoms with Crippen LogP contribution in [0.15, 0.2) is 42.5 Å². The van der Waals surface area contributed by atoms with Gasteiger partial charge in [-0.25, -0.2) is 0 Å². The average Bonchev–Trinajstić information content (AvgIpc) is 2.54. The molecule has 0 fully saturated rings. The number of carbonyl (C=O) groups excluding carboxylic acids is 1. The molecule has 4 nitrogen and oxygen atoms in total. The Balaban J connectivity index is 2.14. The molecule has 128 valence electrons. The van der Waals surface area contributed by atoms with Crippen LogP contribution in [0.25, 0.3) is 0 Å². The highest BCUT2D eigenvalue weighted by molar-refractivity contribution is 6.30. The zero-order valence-electron chi connectivity index (χ0n) is 13.1. The fourth-order valence-corrected chi connectivity index (χ4v) is 2.29. The van der Waals surface area contributed by atoms with E-state index in [1.54, 1.807) is 37.4 Å². The predicted octanol–water partition coefficient (Wildman–Crippen LogP) is 4.22. The number of halogens is 3. The van der Waals surface area contributed by atoms with Crippen LogP contribution in [0.3, 0.4) is 0 Å². The van der Waals surface area contributed by atoms with E-state index in [9.17, 15) is 13.6 Å². The summed E-state index contributed by atoms with van der Waals surface area (Å²) in [4.78, 5) is 13.8. The maximum absolute atomic E-state index is 12.5. The molecule has 0 radical (unpaired) electrons. The van der Waals surface area contributed by atoms with Crippen LogP contribution < -0.4 is 9.47 Å². The van der Waals surface area contributed by atoms with E-state index in [0.717, 1.165) is 0 Å². The molecule has 0 saturated heterocycles. The van der Waals surface area contributed by atoms with Crippen molar-refractivity contribution in [2.75, 3.05) is 14.2 Å². The Kier molecular flexibility index (Phi) is 5.98. The average molecular weight is 356 g/mol. The number of benzene rings is 2. The Morgan fingerprint density at radius 3 is 2.42 bits per heavy atom. The molecule has 1 amide bonds. The number of amides is 1. The van der Waals surface area contributed by atoms with E-state index >= 15 is 0 Å². The third-order valence-electron chi connectivity index (χ3n) is 3.30. The lowest BCUT2D eigenvalue weighted by Gasteiger charge is -2.18. The van der Waals surface area contributed by atoms with Crippen LogP contribution in [0, 0.1) is 0 Å². The fourth-order valence-electron chi connectivity index (χ4n) is 2.17. The van der Waals surface area contributed by atoms with Gasteiger partial charge in [0.2, 0.25) is 0 Å². The number of methoxy groups -OCH3 is 1. The molecule has 7 heteroatoms. The molecule has 0 bridgehead atoms. The summed E-state index contributed by atoms with van der Waals surface area (Å²) in [5, 5.41) is 0.540. The van der Waals surface area contributed by atoms with Crippen molar-refractivity contribution in [3.05, 3.63) is 58.6 Å². The van der Waals surface area contributed by atoms with Gasteiger partial charge in [-0.05, 0) is 42.0 Å². The number of carbonyl (C=O) groups is 1. The zero-order chi connectivity index (χ0) is 17.7. The second-order valence-corrected chi connectivity index (χ2v) is 5.47. The highest BCUT2D eigenvalue weighted by atomic mass is 35.5. The van der Waals surface area contributed by atoms with Crippen molar-refractivity contribution in [2.24, 2.45) is 0 Å². The van der Waals surface area contributed by atoms with Crippen LogP contribution in [0.5, 0.6) is 11.5 Å². The molecule has 0 atom stereocenters. The van der Waals surface area contributed by atoms with Gasteiger partial charge in [0.25, 0.3) is 5.91 Å². The van der Waals surface area contributed by atoms with Crippen molar-refractivity contribution in [3.8, 4) is 11.5 Å². The van der Waals surface area contributed by atoms with E-state index in [2.05, 4.69) is 4.74 Å². The molecule has 0 aromatic heterocycles. The first-order valence-electron chi connectivity index (χ1n) is 7.03. The number of nitrogens with zero attached hydrogens (tertiary/aromatic N) is 1. The monoisotopic (exact) mass is 355 g/mol. The van der Waals surface area contributed by atoms with Gasteiger partial charge in [-0.2, -0.15) is 8.78 Å².